The van der Waals surface area contributed by atoms with Crippen LogP contribution in [0, 0.1) is 25.2 Å². The Kier molecular flexibility index (Phi) is 4.24. The maximum atomic E-state index is 12.7. The molecule has 0 bridgehead atoms. The number of ketones is 1. The van der Waals surface area contributed by atoms with Gasteiger partial charge in [0.2, 0.25) is 0 Å². The summed E-state index contributed by atoms with van der Waals surface area (Å²) >= 11 is 0. The number of H-pyrrole nitrogens is 1. The Hall–Kier alpha value is -3.20. The number of rotatable bonds is 4. The zero-order chi connectivity index (χ0) is 18.1. The number of Topliss-reactive ketones (excluding diaryl/α,β-unsaturated/α-hetero) is 1. The fraction of sp³-hybridized carbons (Fsp3) is 0.263. The van der Waals surface area contributed by atoms with Crippen molar-refractivity contribution in [2.45, 2.75) is 33.7 Å². The van der Waals surface area contributed by atoms with E-state index in [1.165, 1.54) is 0 Å². The summed E-state index contributed by atoms with van der Waals surface area (Å²) in [7, 11) is 0. The van der Waals surface area contributed by atoms with E-state index in [4.69, 9.17) is 0 Å². The van der Waals surface area contributed by atoms with Gasteiger partial charge in [0.05, 0.1) is 5.69 Å². The van der Waals surface area contributed by atoms with Gasteiger partial charge in [-0.1, -0.05) is 25.1 Å². The van der Waals surface area contributed by atoms with Gasteiger partial charge in [0.25, 0.3) is 5.56 Å². The maximum absolute atomic E-state index is 12.7. The van der Waals surface area contributed by atoms with Crippen molar-refractivity contribution in [3.63, 3.8) is 0 Å². The maximum Gasteiger partial charge on any atom is 0.285 e. The number of aromatic nitrogens is 3. The van der Waals surface area contributed by atoms with Crippen molar-refractivity contribution in [3.8, 4) is 6.07 Å². The van der Waals surface area contributed by atoms with Crippen molar-refractivity contribution >= 4 is 16.7 Å². The van der Waals surface area contributed by atoms with Gasteiger partial charge in [0.15, 0.2) is 5.78 Å². The lowest BCUT2D eigenvalue weighted by Crippen LogP contribution is -2.30. The molecule has 126 valence electrons. The van der Waals surface area contributed by atoms with Crippen LogP contribution < -0.4 is 5.56 Å². The Morgan fingerprint density at radius 2 is 2.12 bits per heavy atom. The van der Waals surface area contributed by atoms with Crippen LogP contribution in [0.1, 0.15) is 39.7 Å². The van der Waals surface area contributed by atoms with E-state index in [0.717, 1.165) is 27.6 Å². The van der Waals surface area contributed by atoms with E-state index in [2.05, 4.69) is 17.0 Å². The predicted octanol–water partition coefficient (Wildman–Crippen LogP) is 2.66. The second kappa shape index (κ2) is 6.36. The summed E-state index contributed by atoms with van der Waals surface area (Å²) in [6.07, 6.45) is 2.53. The first-order valence-corrected chi connectivity index (χ1v) is 8.08. The second-order valence-electron chi connectivity index (χ2n) is 5.98. The molecule has 0 fully saturated rings. The number of nitrogens with zero attached hydrogens (tertiary/aromatic N) is 3. The van der Waals surface area contributed by atoms with E-state index in [9.17, 15) is 14.9 Å². The minimum atomic E-state index is -0.534. The highest BCUT2D eigenvalue weighted by molar-refractivity contribution is 6.08. The van der Waals surface area contributed by atoms with Gasteiger partial charge in [-0.3, -0.25) is 9.59 Å². The lowest BCUT2D eigenvalue weighted by Gasteiger charge is -2.08. The van der Waals surface area contributed by atoms with Crippen LogP contribution in [0.25, 0.3) is 10.9 Å². The number of hydrogen-bond acceptors (Lipinski definition) is 4. The second-order valence-corrected chi connectivity index (χ2v) is 5.98. The van der Waals surface area contributed by atoms with Crippen molar-refractivity contribution in [2.24, 2.45) is 0 Å². The molecule has 0 unspecified atom stereocenters. The Bertz CT molecular complexity index is 1080. The third-order valence-electron chi connectivity index (χ3n) is 4.52. The van der Waals surface area contributed by atoms with Gasteiger partial charge in [-0.2, -0.15) is 10.4 Å². The van der Waals surface area contributed by atoms with Gasteiger partial charge in [-0.15, -0.1) is 0 Å². The van der Waals surface area contributed by atoms with Gasteiger partial charge in [-0.25, -0.2) is 4.68 Å². The first-order valence-electron chi connectivity index (χ1n) is 8.08. The molecule has 0 aliphatic heterocycles. The average Bonchev–Trinajstić information content (AvgIpc) is 3.04. The van der Waals surface area contributed by atoms with Gasteiger partial charge >= 0.3 is 0 Å². The molecule has 6 nitrogen and oxygen atoms in total. The van der Waals surface area contributed by atoms with E-state index in [1.54, 1.807) is 20.0 Å². The lowest BCUT2D eigenvalue weighted by molar-refractivity contribution is 0.0967. The molecule has 25 heavy (non-hydrogen) atoms. The molecule has 0 saturated heterocycles. The summed E-state index contributed by atoms with van der Waals surface area (Å²) in [6, 6.07) is 7.72. The molecule has 1 aromatic carbocycles. The van der Waals surface area contributed by atoms with Crippen LogP contribution in [0.2, 0.25) is 0 Å². The number of aryl methyl sites for hydroxylation is 2. The molecule has 6 heteroatoms. The molecule has 0 aliphatic carbocycles. The Labute approximate surface area is 144 Å². The quantitative estimate of drug-likeness (QED) is 0.743. The Morgan fingerprint density at radius 3 is 2.80 bits per heavy atom. The molecule has 3 rings (SSSR count). The molecule has 2 aromatic heterocycles. The number of para-hydroxylation sites is 1. The highest BCUT2D eigenvalue weighted by Gasteiger charge is 2.17. The highest BCUT2D eigenvalue weighted by Crippen LogP contribution is 2.22. The summed E-state index contributed by atoms with van der Waals surface area (Å²) in [5.41, 5.74) is 3.21. The summed E-state index contributed by atoms with van der Waals surface area (Å²) < 4.78 is 1.08. The first-order chi connectivity index (χ1) is 12.0. The van der Waals surface area contributed by atoms with Crippen LogP contribution in [0.15, 0.2) is 29.2 Å². The van der Waals surface area contributed by atoms with Gasteiger partial charge in [0.1, 0.15) is 18.2 Å². The molecule has 0 atom stereocenters. The van der Waals surface area contributed by atoms with Crippen molar-refractivity contribution in [3.05, 3.63) is 62.7 Å². The number of carbonyl (C=O) groups excluding carboxylic acids is 1. The van der Waals surface area contributed by atoms with Crippen LogP contribution in [0.5, 0.6) is 0 Å². The molecule has 0 saturated carbocycles. The third-order valence-corrected chi connectivity index (χ3v) is 4.52. The number of fused-ring (bicyclic) bond motifs is 1. The van der Waals surface area contributed by atoms with E-state index in [0.29, 0.717) is 16.8 Å². The molecule has 0 aliphatic rings. The van der Waals surface area contributed by atoms with Crippen LogP contribution in [-0.2, 0) is 13.0 Å². The molecule has 0 radical (unpaired) electrons. The number of carbonyl (C=O) groups is 1. The van der Waals surface area contributed by atoms with Crippen molar-refractivity contribution in [2.75, 3.05) is 0 Å². The number of benzene rings is 1. The normalized spacial score (nSPS) is 10.8. The van der Waals surface area contributed by atoms with Crippen molar-refractivity contribution in [1.29, 1.82) is 5.26 Å². The minimum Gasteiger partial charge on any atom is -0.360 e. The number of nitriles is 1. The van der Waals surface area contributed by atoms with Gasteiger partial charge < -0.3 is 4.98 Å². The number of nitrogens with one attached hydrogen (secondary N) is 1. The zero-order valence-corrected chi connectivity index (χ0v) is 14.4. The highest BCUT2D eigenvalue weighted by atomic mass is 16.1. The molecule has 0 amide bonds. The minimum absolute atomic E-state index is 0.0347. The topological polar surface area (TPSA) is 91.5 Å². The van der Waals surface area contributed by atoms with E-state index < -0.39 is 5.56 Å². The summed E-state index contributed by atoms with van der Waals surface area (Å²) in [6.45, 7) is 5.26. The van der Waals surface area contributed by atoms with Crippen LogP contribution in [0.4, 0.5) is 0 Å². The lowest BCUT2D eigenvalue weighted by atomic mass is 10.0. The summed E-state index contributed by atoms with van der Waals surface area (Å²) in [5.74, 6) is -0.221. The van der Waals surface area contributed by atoms with Crippen LogP contribution in [0.3, 0.4) is 0 Å². The van der Waals surface area contributed by atoms with Crippen molar-refractivity contribution in [1.82, 2.24) is 14.8 Å². The Balaban J connectivity index is 2.04. The molecule has 2 heterocycles. The monoisotopic (exact) mass is 334 g/mol. The van der Waals surface area contributed by atoms with Crippen LogP contribution >= 0.6 is 0 Å². The molecule has 3 aromatic rings. The third kappa shape index (κ3) is 2.74. The fourth-order valence-corrected chi connectivity index (χ4v) is 2.97. The SMILES string of the molecule is CCc1cccc2c(C(=O)Cn3nc(C)c(C)c(C#N)c3=O)c[nH]c12. The Morgan fingerprint density at radius 1 is 1.36 bits per heavy atom. The van der Waals surface area contributed by atoms with E-state index in [1.807, 2.05) is 24.3 Å². The van der Waals surface area contributed by atoms with Crippen molar-refractivity contribution < 1.29 is 4.79 Å². The molecular weight excluding hydrogens is 316 g/mol. The molecular formula is C19H18N4O2. The van der Waals surface area contributed by atoms with E-state index >= 15 is 0 Å². The van der Waals surface area contributed by atoms with Gasteiger partial charge in [-0.05, 0) is 31.4 Å². The fourth-order valence-electron chi connectivity index (χ4n) is 2.97. The largest absolute Gasteiger partial charge is 0.360 e. The number of aromatic amines is 1. The average molecular weight is 334 g/mol. The summed E-state index contributed by atoms with van der Waals surface area (Å²) in [4.78, 5) is 28.2. The number of hydrogen-bond donors (Lipinski definition) is 1. The van der Waals surface area contributed by atoms with Crippen LogP contribution in [-0.4, -0.2) is 20.5 Å². The first kappa shape index (κ1) is 16.7. The predicted molar refractivity (Wildman–Crippen MR) is 94.7 cm³/mol. The molecule has 1 N–H and O–H groups in total. The zero-order valence-electron chi connectivity index (χ0n) is 14.4. The van der Waals surface area contributed by atoms with E-state index in [-0.39, 0.29) is 17.9 Å². The van der Waals surface area contributed by atoms with Gasteiger partial charge in [0, 0.05) is 22.7 Å². The molecule has 0 spiro atoms. The standard InChI is InChI=1S/C19H18N4O2/c1-4-13-6-5-7-14-16(9-21-18(13)14)17(24)10-23-19(25)15(8-20)11(2)12(3)22-23/h5-7,9,21H,4,10H2,1-3H3. The summed E-state index contributed by atoms with van der Waals surface area (Å²) in [5, 5.41) is 14.2. The smallest absolute Gasteiger partial charge is 0.285 e.